The molecule has 0 radical (unpaired) electrons. The maximum atomic E-state index is 12.2. The Hall–Kier alpha value is -2.20. The van der Waals surface area contributed by atoms with Crippen molar-refractivity contribution in [1.82, 2.24) is 18.5 Å². The van der Waals surface area contributed by atoms with Crippen molar-refractivity contribution in [1.29, 1.82) is 0 Å². The van der Waals surface area contributed by atoms with Gasteiger partial charge in [0.1, 0.15) is 5.69 Å². The van der Waals surface area contributed by atoms with Crippen molar-refractivity contribution in [3.8, 4) is 17.1 Å². The van der Waals surface area contributed by atoms with E-state index < -0.39 is 5.69 Å². The average Bonchev–Trinajstić information content (AvgIpc) is 3.21. The van der Waals surface area contributed by atoms with Crippen LogP contribution in [0, 0.1) is 6.92 Å². The van der Waals surface area contributed by atoms with Gasteiger partial charge in [0.2, 0.25) is 0 Å². The lowest BCUT2D eigenvalue weighted by molar-refractivity contribution is 0.859. The Kier molecular flexibility index (Phi) is 5.42. The number of aryl methyl sites for hydroxylation is 2. The molecule has 26 heavy (non-hydrogen) atoms. The number of H-pyrrole nitrogens is 1. The van der Waals surface area contributed by atoms with Crippen molar-refractivity contribution >= 4 is 44.2 Å². The van der Waals surface area contributed by atoms with Crippen LogP contribution in [0.25, 0.3) is 27.2 Å². The maximum absolute atomic E-state index is 12.2. The highest BCUT2D eigenvalue weighted by Crippen LogP contribution is 2.31. The largest absolute Gasteiger partial charge is 0.349 e. The molecule has 6 nitrogen and oxygen atoms in total. The third kappa shape index (κ3) is 3.26. The fourth-order valence-corrected chi connectivity index (χ4v) is 3.58. The normalized spacial score (nSPS) is 10.6. The summed E-state index contributed by atoms with van der Waals surface area (Å²) in [6, 6.07) is 10.9. The molecular weight excluding hydrogens is 463 g/mol. The number of benzene rings is 1. The van der Waals surface area contributed by atoms with Crippen LogP contribution in [0.2, 0.25) is 0 Å². The van der Waals surface area contributed by atoms with E-state index in [2.05, 4.69) is 31.9 Å². The first kappa shape index (κ1) is 18.6. The van der Waals surface area contributed by atoms with Crippen LogP contribution in [0.4, 0.5) is 0 Å². The molecule has 4 aromatic rings. The van der Waals surface area contributed by atoms with Gasteiger partial charge in [0, 0.05) is 30.4 Å². The van der Waals surface area contributed by atoms with Crippen molar-refractivity contribution < 1.29 is 0 Å². The van der Waals surface area contributed by atoms with Gasteiger partial charge in [-0.2, -0.15) is 4.37 Å². The first-order chi connectivity index (χ1) is 12.5. The van der Waals surface area contributed by atoms with Gasteiger partial charge in [0.25, 0.3) is 5.56 Å². The van der Waals surface area contributed by atoms with E-state index in [4.69, 9.17) is 0 Å². The number of hydrogen-bond donors (Lipinski definition) is 1. The standard InChI is InChI=1S/C17H14N4O2S.CH3I/c1-10-8-15(22)21(17(23)18-10)11-5-6-14-12(9-11)16(19-24-14)13-4-3-7-20(13)2;1-2/h3-9H,1-2H3,(H,18,23);1H3. The molecule has 4 rings (SSSR count). The quantitative estimate of drug-likeness (QED) is 0.353. The maximum Gasteiger partial charge on any atom is 0.333 e. The molecule has 0 fully saturated rings. The second-order valence-electron chi connectivity index (χ2n) is 5.65. The van der Waals surface area contributed by atoms with Crippen LogP contribution >= 0.6 is 34.1 Å². The Morgan fingerprint density at radius 2 is 1.92 bits per heavy atom. The van der Waals surface area contributed by atoms with Crippen LogP contribution in [0.1, 0.15) is 5.69 Å². The third-order valence-electron chi connectivity index (χ3n) is 3.97. The lowest BCUT2D eigenvalue weighted by Crippen LogP contribution is -2.33. The van der Waals surface area contributed by atoms with Crippen LogP contribution in [0.5, 0.6) is 0 Å². The summed E-state index contributed by atoms with van der Waals surface area (Å²) in [6.45, 7) is 1.69. The van der Waals surface area contributed by atoms with Gasteiger partial charge in [0.15, 0.2) is 0 Å². The van der Waals surface area contributed by atoms with Gasteiger partial charge in [-0.3, -0.25) is 4.79 Å². The average molecular weight is 480 g/mol. The first-order valence-corrected chi connectivity index (χ1v) is 10.7. The SMILES string of the molecule is CI.Cc1cc(=O)n(-c2ccc3snc(-c4cccn4C)c3c2)c(=O)[nH]1. The number of rotatable bonds is 2. The molecule has 1 N–H and O–H groups in total. The molecule has 0 aliphatic rings. The Bertz CT molecular complexity index is 1150. The minimum atomic E-state index is -0.442. The summed E-state index contributed by atoms with van der Waals surface area (Å²) in [5, 5.41) is 0.922. The molecule has 3 heterocycles. The van der Waals surface area contributed by atoms with Crippen LogP contribution in [-0.4, -0.2) is 23.4 Å². The Balaban J connectivity index is 0.000000948. The summed E-state index contributed by atoms with van der Waals surface area (Å²) >= 11 is 3.55. The summed E-state index contributed by atoms with van der Waals surface area (Å²) in [5.74, 6) is 0. The number of aromatic nitrogens is 4. The second kappa shape index (κ2) is 7.58. The number of alkyl halides is 1. The van der Waals surface area contributed by atoms with Crippen molar-refractivity contribution in [3.05, 3.63) is 69.1 Å². The van der Waals surface area contributed by atoms with E-state index >= 15 is 0 Å². The highest BCUT2D eigenvalue weighted by molar-refractivity contribution is 14.1. The van der Waals surface area contributed by atoms with Gasteiger partial charge in [-0.05, 0) is 53.7 Å². The van der Waals surface area contributed by atoms with E-state index in [1.165, 1.54) is 17.6 Å². The van der Waals surface area contributed by atoms with Crippen LogP contribution in [0.3, 0.4) is 0 Å². The molecule has 0 atom stereocenters. The fraction of sp³-hybridized carbons (Fsp3) is 0.167. The van der Waals surface area contributed by atoms with Crippen molar-refractivity contribution in [2.75, 3.05) is 4.93 Å². The molecule has 0 saturated carbocycles. The summed E-state index contributed by atoms with van der Waals surface area (Å²) in [4.78, 5) is 29.1. The monoisotopic (exact) mass is 480 g/mol. The van der Waals surface area contributed by atoms with E-state index in [9.17, 15) is 9.59 Å². The lowest BCUT2D eigenvalue weighted by atomic mass is 10.1. The van der Waals surface area contributed by atoms with E-state index in [1.54, 1.807) is 13.0 Å². The number of aromatic amines is 1. The van der Waals surface area contributed by atoms with Crippen LogP contribution in [0.15, 0.2) is 52.2 Å². The Morgan fingerprint density at radius 1 is 1.15 bits per heavy atom. The summed E-state index contributed by atoms with van der Waals surface area (Å²) in [7, 11) is 1.96. The van der Waals surface area contributed by atoms with E-state index in [-0.39, 0.29) is 5.56 Å². The molecule has 8 heteroatoms. The highest BCUT2D eigenvalue weighted by Gasteiger charge is 2.13. The topological polar surface area (TPSA) is 72.7 Å². The van der Waals surface area contributed by atoms with E-state index in [0.29, 0.717) is 11.4 Å². The number of nitrogens with zero attached hydrogens (tertiary/aromatic N) is 3. The number of nitrogens with one attached hydrogen (secondary N) is 1. The molecule has 3 aromatic heterocycles. The minimum Gasteiger partial charge on any atom is -0.349 e. The van der Waals surface area contributed by atoms with Crippen molar-refractivity contribution in [2.45, 2.75) is 6.92 Å². The van der Waals surface area contributed by atoms with Gasteiger partial charge in [-0.15, -0.1) is 0 Å². The molecule has 134 valence electrons. The zero-order valence-corrected chi connectivity index (χ0v) is 17.5. The molecular formula is C18H17IN4O2S. The molecule has 0 amide bonds. The van der Waals surface area contributed by atoms with Crippen molar-refractivity contribution in [2.24, 2.45) is 7.05 Å². The lowest BCUT2D eigenvalue weighted by Gasteiger charge is -2.06. The van der Waals surface area contributed by atoms with Crippen LogP contribution in [-0.2, 0) is 7.05 Å². The zero-order chi connectivity index (χ0) is 18.8. The van der Waals surface area contributed by atoms with Gasteiger partial charge in [-0.25, -0.2) is 9.36 Å². The fourth-order valence-electron chi connectivity index (χ4n) is 2.81. The molecule has 0 spiro atoms. The van der Waals surface area contributed by atoms with Crippen LogP contribution < -0.4 is 11.2 Å². The molecule has 0 saturated heterocycles. The molecule has 0 aliphatic heterocycles. The second-order valence-corrected chi connectivity index (χ2v) is 6.45. The number of hydrogen-bond acceptors (Lipinski definition) is 4. The third-order valence-corrected chi connectivity index (χ3v) is 4.79. The van der Waals surface area contributed by atoms with Gasteiger partial charge in [-0.1, -0.05) is 22.6 Å². The van der Waals surface area contributed by atoms with Gasteiger partial charge >= 0.3 is 5.69 Å². The minimum absolute atomic E-state index is 0.348. The molecule has 0 aliphatic carbocycles. The summed E-state index contributed by atoms with van der Waals surface area (Å²) in [6.07, 6.45) is 1.96. The summed E-state index contributed by atoms with van der Waals surface area (Å²) < 4.78 is 8.68. The predicted octanol–water partition coefficient (Wildman–Crippen LogP) is 3.50. The smallest absolute Gasteiger partial charge is 0.333 e. The number of halogens is 1. The summed E-state index contributed by atoms with van der Waals surface area (Å²) in [5.41, 5.74) is 2.13. The highest BCUT2D eigenvalue weighted by atomic mass is 127. The number of fused-ring (bicyclic) bond motifs is 1. The van der Waals surface area contributed by atoms with E-state index in [0.717, 1.165) is 26.0 Å². The van der Waals surface area contributed by atoms with E-state index in [1.807, 2.05) is 47.0 Å². The molecule has 0 unspecified atom stereocenters. The van der Waals surface area contributed by atoms with Crippen molar-refractivity contribution in [3.63, 3.8) is 0 Å². The molecule has 0 bridgehead atoms. The predicted molar refractivity (Wildman–Crippen MR) is 115 cm³/mol. The zero-order valence-electron chi connectivity index (χ0n) is 14.5. The Labute approximate surface area is 167 Å². The molecule has 1 aromatic carbocycles. The Morgan fingerprint density at radius 3 is 2.58 bits per heavy atom. The van der Waals surface area contributed by atoms with Gasteiger partial charge in [0.05, 0.1) is 16.1 Å². The first-order valence-electron chi connectivity index (χ1n) is 7.77. The van der Waals surface area contributed by atoms with Gasteiger partial charge < -0.3 is 9.55 Å².